The summed E-state index contributed by atoms with van der Waals surface area (Å²) in [4.78, 5) is 21.1. The highest BCUT2D eigenvalue weighted by Crippen LogP contribution is 2.23. The average Bonchev–Trinajstić information content (AvgIpc) is 2.74. The number of amides is 1. The number of rotatable bonds is 8. The smallest absolute Gasteiger partial charge is 0.255 e. The number of nitrogens with zero attached hydrogens (tertiary/aromatic N) is 3. The van der Waals surface area contributed by atoms with Crippen LogP contribution in [0.3, 0.4) is 0 Å². The fraction of sp³-hybridized carbons (Fsp3) is 0.500. The summed E-state index contributed by atoms with van der Waals surface area (Å²) >= 11 is 0. The second kappa shape index (κ2) is 10.5. The number of piperidine rings is 1. The number of carbonyl (C=O) groups excluding carboxylic acids is 1. The number of likely N-dealkylation sites (tertiary alicyclic amines) is 1. The number of aromatic nitrogens is 1. The van der Waals surface area contributed by atoms with Crippen LogP contribution in [0.2, 0.25) is 0 Å². The van der Waals surface area contributed by atoms with Crippen LogP contribution in [0.5, 0.6) is 0 Å². The summed E-state index contributed by atoms with van der Waals surface area (Å²) in [5.41, 5.74) is 4.46. The highest BCUT2D eigenvalue weighted by Gasteiger charge is 2.24. The van der Waals surface area contributed by atoms with Crippen LogP contribution >= 0.6 is 0 Å². The van der Waals surface area contributed by atoms with Crippen molar-refractivity contribution < 1.29 is 9.53 Å². The van der Waals surface area contributed by atoms with Gasteiger partial charge in [0, 0.05) is 45.7 Å². The van der Waals surface area contributed by atoms with Gasteiger partial charge in [-0.2, -0.15) is 0 Å². The van der Waals surface area contributed by atoms with Gasteiger partial charge in [0.25, 0.3) is 5.91 Å². The third-order valence-corrected chi connectivity index (χ3v) is 5.85. The first-order valence-corrected chi connectivity index (χ1v) is 10.5. The normalized spacial score (nSPS) is 15.1. The molecule has 2 heterocycles. The monoisotopic (exact) mass is 395 g/mol. The van der Waals surface area contributed by atoms with E-state index in [1.807, 2.05) is 17.9 Å². The number of aryl methyl sites for hydroxylation is 1. The van der Waals surface area contributed by atoms with Crippen LogP contribution in [-0.2, 0) is 17.7 Å². The minimum absolute atomic E-state index is 0.121. The fourth-order valence-electron chi connectivity index (χ4n) is 3.95. The fourth-order valence-corrected chi connectivity index (χ4v) is 3.95. The maximum absolute atomic E-state index is 12.8. The lowest BCUT2D eigenvalue weighted by molar-refractivity contribution is 0.0689. The molecule has 5 nitrogen and oxygen atoms in total. The molecule has 2 aromatic rings. The molecule has 1 aromatic heterocycles. The molecule has 1 aliphatic heterocycles. The van der Waals surface area contributed by atoms with Crippen molar-refractivity contribution in [3.63, 3.8) is 0 Å². The SMILES string of the molecule is COCCN(C)Cc1ccc(CC2CCN(C(=O)c3cnccc3C)CC2)cc1. The van der Waals surface area contributed by atoms with Crippen molar-refractivity contribution in [2.75, 3.05) is 40.4 Å². The van der Waals surface area contributed by atoms with E-state index < -0.39 is 0 Å². The van der Waals surface area contributed by atoms with E-state index in [0.29, 0.717) is 5.92 Å². The Labute approximate surface area is 174 Å². The summed E-state index contributed by atoms with van der Waals surface area (Å²) in [6, 6.07) is 10.9. The number of pyridine rings is 1. The van der Waals surface area contributed by atoms with Crippen molar-refractivity contribution in [2.24, 2.45) is 5.92 Å². The summed E-state index contributed by atoms with van der Waals surface area (Å²) in [5.74, 6) is 0.764. The van der Waals surface area contributed by atoms with E-state index in [2.05, 4.69) is 41.2 Å². The van der Waals surface area contributed by atoms with Gasteiger partial charge in [0.2, 0.25) is 0 Å². The van der Waals surface area contributed by atoms with E-state index in [-0.39, 0.29) is 5.91 Å². The molecule has 0 unspecified atom stereocenters. The Morgan fingerprint density at radius 1 is 1.17 bits per heavy atom. The predicted octanol–water partition coefficient (Wildman–Crippen LogP) is 3.56. The Bertz CT molecular complexity index is 783. The maximum atomic E-state index is 12.8. The Hall–Kier alpha value is -2.24. The molecule has 3 rings (SSSR count). The van der Waals surface area contributed by atoms with Crippen LogP contribution in [0.4, 0.5) is 0 Å². The molecule has 0 N–H and O–H groups in total. The highest BCUT2D eigenvalue weighted by atomic mass is 16.5. The third kappa shape index (κ3) is 6.12. The summed E-state index contributed by atoms with van der Waals surface area (Å²) in [6.45, 7) is 6.28. The van der Waals surface area contributed by atoms with Crippen LogP contribution in [0.25, 0.3) is 0 Å². The molecular formula is C24H33N3O2. The third-order valence-electron chi connectivity index (χ3n) is 5.85. The quantitative estimate of drug-likeness (QED) is 0.686. The van der Waals surface area contributed by atoms with Crippen LogP contribution < -0.4 is 0 Å². The van der Waals surface area contributed by atoms with Crippen molar-refractivity contribution in [1.82, 2.24) is 14.8 Å². The van der Waals surface area contributed by atoms with Crippen LogP contribution in [0, 0.1) is 12.8 Å². The average molecular weight is 396 g/mol. The van der Waals surface area contributed by atoms with Crippen LogP contribution in [0.1, 0.15) is 39.9 Å². The van der Waals surface area contributed by atoms with Crippen molar-refractivity contribution in [3.8, 4) is 0 Å². The molecule has 1 aliphatic rings. The first kappa shape index (κ1) is 21.5. The largest absolute Gasteiger partial charge is 0.383 e. The molecule has 0 atom stereocenters. The molecule has 0 bridgehead atoms. The Kier molecular flexibility index (Phi) is 7.78. The Morgan fingerprint density at radius 2 is 1.86 bits per heavy atom. The molecule has 1 fully saturated rings. The van der Waals surface area contributed by atoms with Gasteiger partial charge in [-0.25, -0.2) is 0 Å². The van der Waals surface area contributed by atoms with Gasteiger partial charge in [-0.1, -0.05) is 24.3 Å². The summed E-state index contributed by atoms with van der Waals surface area (Å²) < 4.78 is 5.14. The van der Waals surface area contributed by atoms with Gasteiger partial charge in [-0.15, -0.1) is 0 Å². The Morgan fingerprint density at radius 3 is 2.52 bits per heavy atom. The zero-order valence-corrected chi connectivity index (χ0v) is 17.9. The molecule has 156 valence electrons. The predicted molar refractivity (Wildman–Crippen MR) is 116 cm³/mol. The van der Waals surface area contributed by atoms with Gasteiger partial charge in [0.05, 0.1) is 12.2 Å². The van der Waals surface area contributed by atoms with Crippen molar-refractivity contribution in [2.45, 2.75) is 32.7 Å². The minimum atomic E-state index is 0.121. The number of benzene rings is 1. The van der Waals surface area contributed by atoms with E-state index in [4.69, 9.17) is 4.74 Å². The molecule has 0 aliphatic carbocycles. The first-order chi connectivity index (χ1) is 14.1. The Balaban J connectivity index is 1.47. The molecule has 1 saturated heterocycles. The van der Waals surface area contributed by atoms with E-state index in [1.54, 1.807) is 19.5 Å². The van der Waals surface area contributed by atoms with Gasteiger partial charge in [-0.3, -0.25) is 14.7 Å². The van der Waals surface area contributed by atoms with Gasteiger partial charge >= 0.3 is 0 Å². The summed E-state index contributed by atoms with van der Waals surface area (Å²) in [6.07, 6.45) is 6.64. The highest BCUT2D eigenvalue weighted by molar-refractivity contribution is 5.95. The number of hydrogen-bond donors (Lipinski definition) is 0. The number of carbonyl (C=O) groups is 1. The molecule has 0 saturated carbocycles. The van der Waals surface area contributed by atoms with Gasteiger partial charge in [-0.05, 0) is 61.9 Å². The number of hydrogen-bond acceptors (Lipinski definition) is 4. The topological polar surface area (TPSA) is 45.7 Å². The minimum Gasteiger partial charge on any atom is -0.383 e. The lowest BCUT2D eigenvalue weighted by Gasteiger charge is -2.32. The molecule has 0 spiro atoms. The number of ether oxygens (including phenoxy) is 1. The van der Waals surface area contributed by atoms with Gasteiger partial charge in [0.1, 0.15) is 0 Å². The molecule has 1 amide bonds. The second-order valence-electron chi connectivity index (χ2n) is 8.18. The maximum Gasteiger partial charge on any atom is 0.255 e. The zero-order valence-electron chi connectivity index (χ0n) is 17.9. The van der Waals surface area contributed by atoms with E-state index in [1.165, 1.54) is 11.1 Å². The molecule has 0 radical (unpaired) electrons. The standard InChI is InChI=1S/C24H33N3O2/c1-19-8-11-25-17-23(19)24(28)27-12-9-21(10-13-27)16-20-4-6-22(7-5-20)18-26(2)14-15-29-3/h4-8,11,17,21H,9-10,12-16,18H2,1-3H3. The van der Waals surface area contributed by atoms with E-state index in [0.717, 1.165) is 63.2 Å². The lowest BCUT2D eigenvalue weighted by Crippen LogP contribution is -2.39. The van der Waals surface area contributed by atoms with Crippen LogP contribution in [0.15, 0.2) is 42.7 Å². The lowest BCUT2D eigenvalue weighted by atomic mass is 9.89. The molecule has 5 heteroatoms. The van der Waals surface area contributed by atoms with Crippen molar-refractivity contribution in [1.29, 1.82) is 0 Å². The second-order valence-corrected chi connectivity index (χ2v) is 8.18. The summed E-state index contributed by atoms with van der Waals surface area (Å²) in [5, 5.41) is 0. The van der Waals surface area contributed by atoms with Crippen molar-refractivity contribution in [3.05, 3.63) is 65.0 Å². The van der Waals surface area contributed by atoms with Gasteiger partial charge in [0.15, 0.2) is 0 Å². The molecule has 1 aromatic carbocycles. The van der Waals surface area contributed by atoms with Crippen molar-refractivity contribution >= 4 is 5.91 Å². The molecule has 29 heavy (non-hydrogen) atoms. The molecular weight excluding hydrogens is 362 g/mol. The summed E-state index contributed by atoms with van der Waals surface area (Å²) in [7, 11) is 3.86. The number of likely N-dealkylation sites (N-methyl/N-ethyl adjacent to an activating group) is 1. The van der Waals surface area contributed by atoms with Gasteiger partial charge < -0.3 is 9.64 Å². The van der Waals surface area contributed by atoms with E-state index in [9.17, 15) is 4.79 Å². The van der Waals surface area contributed by atoms with E-state index >= 15 is 0 Å². The number of methoxy groups -OCH3 is 1. The van der Waals surface area contributed by atoms with Crippen LogP contribution in [-0.4, -0.2) is 61.1 Å². The zero-order chi connectivity index (χ0) is 20.6. The first-order valence-electron chi connectivity index (χ1n) is 10.5.